The van der Waals surface area contributed by atoms with Gasteiger partial charge in [-0.1, -0.05) is 12.1 Å². The smallest absolute Gasteiger partial charge is 0.248 e. The number of nitrogens with zero attached hydrogens (tertiary/aromatic N) is 1. The van der Waals surface area contributed by atoms with Crippen molar-refractivity contribution in [3.63, 3.8) is 0 Å². The Kier molecular flexibility index (Phi) is 5.25. The Morgan fingerprint density at radius 2 is 2.05 bits per heavy atom. The molecule has 1 aromatic heterocycles. The van der Waals surface area contributed by atoms with Crippen LogP contribution in [0.5, 0.6) is 0 Å². The molecule has 0 aliphatic carbocycles. The summed E-state index contributed by atoms with van der Waals surface area (Å²) >= 11 is 0. The van der Waals surface area contributed by atoms with Gasteiger partial charge in [0.25, 0.3) is 0 Å². The van der Waals surface area contributed by atoms with Gasteiger partial charge in [-0.05, 0) is 49.6 Å². The Labute approximate surface area is 129 Å². The van der Waals surface area contributed by atoms with Crippen molar-refractivity contribution < 1.29 is 9.59 Å². The summed E-state index contributed by atoms with van der Waals surface area (Å²) in [5.74, 6) is -0.591. The molecule has 1 heterocycles. The highest BCUT2D eigenvalue weighted by Gasteiger charge is 2.08. The molecule has 0 saturated heterocycles. The molecule has 2 aromatic rings. The lowest BCUT2D eigenvalue weighted by Gasteiger charge is -2.09. The zero-order chi connectivity index (χ0) is 15.9. The summed E-state index contributed by atoms with van der Waals surface area (Å²) in [6.45, 7) is 1.87. The number of hydrogen-bond acceptors (Lipinski definition) is 3. The van der Waals surface area contributed by atoms with Gasteiger partial charge in [-0.3, -0.25) is 14.6 Å². The number of nitrogens with two attached hydrogens (primary N) is 1. The minimum atomic E-state index is -0.509. The summed E-state index contributed by atoms with van der Waals surface area (Å²) in [5, 5.41) is 2.82. The van der Waals surface area contributed by atoms with Crippen molar-refractivity contribution in [1.82, 2.24) is 4.98 Å². The van der Waals surface area contributed by atoms with Crippen LogP contribution in [0.4, 0.5) is 5.69 Å². The van der Waals surface area contributed by atoms with E-state index in [1.165, 1.54) is 0 Å². The second-order valence-electron chi connectivity index (χ2n) is 5.12. The standard InChI is InChI=1S/C17H19N3O2/c1-12-8-9-13(17(18)22)11-15(12)20-16(21)7-4-6-14-5-2-3-10-19-14/h2-3,5,8-11H,4,6-7H2,1H3,(H2,18,22)(H,20,21). The maximum atomic E-state index is 12.0. The van der Waals surface area contributed by atoms with E-state index in [-0.39, 0.29) is 5.91 Å². The van der Waals surface area contributed by atoms with Crippen LogP contribution in [0.2, 0.25) is 0 Å². The van der Waals surface area contributed by atoms with Crippen molar-refractivity contribution in [2.75, 3.05) is 5.32 Å². The van der Waals surface area contributed by atoms with Gasteiger partial charge in [-0.2, -0.15) is 0 Å². The lowest BCUT2D eigenvalue weighted by molar-refractivity contribution is -0.116. The predicted octanol–water partition coefficient (Wildman–Crippen LogP) is 2.45. The molecular weight excluding hydrogens is 278 g/mol. The number of hydrogen-bond donors (Lipinski definition) is 2. The summed E-state index contributed by atoms with van der Waals surface area (Å²) in [5.41, 5.74) is 8.12. The Morgan fingerprint density at radius 1 is 1.23 bits per heavy atom. The number of benzene rings is 1. The predicted molar refractivity (Wildman–Crippen MR) is 85.5 cm³/mol. The number of primary amides is 1. The van der Waals surface area contributed by atoms with Crippen molar-refractivity contribution in [3.05, 3.63) is 59.4 Å². The van der Waals surface area contributed by atoms with Crippen LogP contribution in [0.15, 0.2) is 42.6 Å². The van der Waals surface area contributed by atoms with Crippen LogP contribution >= 0.6 is 0 Å². The number of amides is 2. The average molecular weight is 297 g/mol. The molecule has 5 heteroatoms. The highest BCUT2D eigenvalue weighted by molar-refractivity contribution is 5.96. The summed E-state index contributed by atoms with van der Waals surface area (Å²) < 4.78 is 0. The van der Waals surface area contributed by atoms with E-state index in [1.807, 2.05) is 25.1 Å². The van der Waals surface area contributed by atoms with Gasteiger partial charge in [0, 0.05) is 29.6 Å². The van der Waals surface area contributed by atoms with Crippen LogP contribution in [0.25, 0.3) is 0 Å². The van der Waals surface area contributed by atoms with E-state index in [0.29, 0.717) is 17.7 Å². The molecule has 0 fully saturated rings. The molecule has 5 nitrogen and oxygen atoms in total. The van der Waals surface area contributed by atoms with Crippen LogP contribution in [-0.4, -0.2) is 16.8 Å². The van der Waals surface area contributed by atoms with E-state index < -0.39 is 5.91 Å². The highest BCUT2D eigenvalue weighted by atomic mass is 16.2. The van der Waals surface area contributed by atoms with Crippen LogP contribution in [0.3, 0.4) is 0 Å². The van der Waals surface area contributed by atoms with Gasteiger partial charge < -0.3 is 11.1 Å². The maximum Gasteiger partial charge on any atom is 0.248 e. The molecule has 22 heavy (non-hydrogen) atoms. The number of carbonyl (C=O) groups excluding carboxylic acids is 2. The zero-order valence-corrected chi connectivity index (χ0v) is 12.5. The van der Waals surface area contributed by atoms with E-state index in [2.05, 4.69) is 10.3 Å². The number of aryl methyl sites for hydroxylation is 2. The van der Waals surface area contributed by atoms with Gasteiger partial charge >= 0.3 is 0 Å². The van der Waals surface area contributed by atoms with Crippen molar-refractivity contribution in [2.24, 2.45) is 5.73 Å². The summed E-state index contributed by atoms with van der Waals surface area (Å²) in [7, 11) is 0. The largest absolute Gasteiger partial charge is 0.366 e. The average Bonchev–Trinajstić information content (AvgIpc) is 2.50. The molecule has 0 atom stereocenters. The van der Waals surface area contributed by atoms with E-state index in [0.717, 1.165) is 24.1 Å². The number of aromatic nitrogens is 1. The molecule has 0 bridgehead atoms. The first-order valence-electron chi connectivity index (χ1n) is 7.16. The summed E-state index contributed by atoms with van der Waals surface area (Å²) in [6, 6.07) is 10.8. The molecule has 2 rings (SSSR count). The van der Waals surface area contributed by atoms with Crippen LogP contribution < -0.4 is 11.1 Å². The third kappa shape index (κ3) is 4.41. The van der Waals surface area contributed by atoms with E-state index in [9.17, 15) is 9.59 Å². The lowest BCUT2D eigenvalue weighted by Crippen LogP contribution is -2.15. The quantitative estimate of drug-likeness (QED) is 0.858. The van der Waals surface area contributed by atoms with Crippen molar-refractivity contribution in [2.45, 2.75) is 26.2 Å². The molecule has 0 aliphatic heterocycles. The van der Waals surface area contributed by atoms with Gasteiger partial charge in [0.15, 0.2) is 0 Å². The number of pyridine rings is 1. The third-order valence-electron chi connectivity index (χ3n) is 3.36. The topological polar surface area (TPSA) is 85.1 Å². The van der Waals surface area contributed by atoms with Gasteiger partial charge in [-0.25, -0.2) is 0 Å². The molecule has 0 spiro atoms. The van der Waals surface area contributed by atoms with E-state index in [1.54, 1.807) is 24.4 Å². The van der Waals surface area contributed by atoms with Crippen molar-refractivity contribution in [1.29, 1.82) is 0 Å². The second kappa shape index (κ2) is 7.36. The Hall–Kier alpha value is -2.69. The molecule has 3 N–H and O–H groups in total. The molecule has 0 saturated carbocycles. The molecule has 0 aliphatic rings. The zero-order valence-electron chi connectivity index (χ0n) is 12.5. The normalized spacial score (nSPS) is 10.2. The summed E-state index contributed by atoms with van der Waals surface area (Å²) in [6.07, 6.45) is 3.62. The van der Waals surface area contributed by atoms with Gasteiger partial charge in [0.1, 0.15) is 0 Å². The first kappa shape index (κ1) is 15.7. The molecule has 1 aromatic carbocycles. The van der Waals surface area contributed by atoms with Gasteiger partial charge in [-0.15, -0.1) is 0 Å². The second-order valence-corrected chi connectivity index (χ2v) is 5.12. The van der Waals surface area contributed by atoms with Crippen LogP contribution in [0.1, 0.15) is 34.5 Å². The first-order valence-corrected chi connectivity index (χ1v) is 7.16. The molecular formula is C17H19N3O2. The Balaban J connectivity index is 1.89. The van der Waals surface area contributed by atoms with Crippen LogP contribution in [0, 0.1) is 6.92 Å². The summed E-state index contributed by atoms with van der Waals surface area (Å²) in [4.78, 5) is 27.4. The number of nitrogens with one attached hydrogen (secondary N) is 1. The fourth-order valence-corrected chi connectivity index (χ4v) is 2.10. The van der Waals surface area contributed by atoms with Gasteiger partial charge in [0.05, 0.1) is 0 Å². The minimum Gasteiger partial charge on any atom is -0.366 e. The van der Waals surface area contributed by atoms with E-state index in [4.69, 9.17) is 5.73 Å². The Morgan fingerprint density at radius 3 is 2.73 bits per heavy atom. The molecule has 0 radical (unpaired) electrons. The first-order chi connectivity index (χ1) is 10.6. The van der Waals surface area contributed by atoms with Crippen LogP contribution in [-0.2, 0) is 11.2 Å². The maximum absolute atomic E-state index is 12.0. The minimum absolute atomic E-state index is 0.0827. The van der Waals surface area contributed by atoms with Gasteiger partial charge in [0.2, 0.25) is 11.8 Å². The highest BCUT2D eigenvalue weighted by Crippen LogP contribution is 2.17. The van der Waals surface area contributed by atoms with E-state index >= 15 is 0 Å². The van der Waals surface area contributed by atoms with Crippen molar-refractivity contribution >= 4 is 17.5 Å². The van der Waals surface area contributed by atoms with Crippen molar-refractivity contribution in [3.8, 4) is 0 Å². The Bertz CT molecular complexity index is 669. The number of anilines is 1. The lowest BCUT2D eigenvalue weighted by atomic mass is 10.1. The monoisotopic (exact) mass is 297 g/mol. The number of rotatable bonds is 6. The third-order valence-corrected chi connectivity index (χ3v) is 3.36. The SMILES string of the molecule is Cc1ccc(C(N)=O)cc1NC(=O)CCCc1ccccn1. The molecule has 114 valence electrons. The number of carbonyl (C=O) groups is 2. The fraction of sp³-hybridized carbons (Fsp3) is 0.235. The molecule has 0 unspecified atom stereocenters. The fourth-order valence-electron chi connectivity index (χ4n) is 2.10. The molecule has 2 amide bonds.